The van der Waals surface area contributed by atoms with Crippen LogP contribution in [0.2, 0.25) is 0 Å². The van der Waals surface area contributed by atoms with Gasteiger partial charge in [0.2, 0.25) is 11.8 Å². The van der Waals surface area contributed by atoms with Crippen molar-refractivity contribution in [1.82, 2.24) is 10.2 Å². The van der Waals surface area contributed by atoms with Crippen LogP contribution >= 0.6 is 0 Å². The molecule has 1 N–H and O–H groups in total. The molecule has 7 heteroatoms. The minimum atomic E-state index is -0.386. The summed E-state index contributed by atoms with van der Waals surface area (Å²) in [5.41, 5.74) is 1.08. The number of carbonyl (C=O) groups excluding carboxylic acids is 2. The lowest BCUT2D eigenvalue weighted by Crippen LogP contribution is -2.05. The molecule has 0 atom stereocenters. The van der Waals surface area contributed by atoms with Gasteiger partial charge in [0.25, 0.3) is 0 Å². The maximum absolute atomic E-state index is 11.5. The van der Waals surface area contributed by atoms with E-state index in [9.17, 15) is 9.59 Å². The zero-order valence-electron chi connectivity index (χ0n) is 11.0. The van der Waals surface area contributed by atoms with Crippen molar-refractivity contribution in [3.05, 3.63) is 29.8 Å². The van der Waals surface area contributed by atoms with Crippen LogP contribution in [0.4, 0.5) is 6.01 Å². The van der Waals surface area contributed by atoms with Gasteiger partial charge < -0.3 is 9.15 Å². The lowest BCUT2D eigenvalue weighted by Gasteiger charge is -2.01. The third-order valence-electron chi connectivity index (χ3n) is 2.35. The molecule has 0 aliphatic heterocycles. The van der Waals surface area contributed by atoms with Crippen LogP contribution in [-0.2, 0) is 9.53 Å². The number of nitrogens with zero attached hydrogens (tertiary/aromatic N) is 2. The number of aromatic nitrogens is 2. The Kier molecular flexibility index (Phi) is 4.09. The summed E-state index contributed by atoms with van der Waals surface area (Å²) in [4.78, 5) is 22.3. The third-order valence-corrected chi connectivity index (χ3v) is 2.35. The number of nitrogens with one attached hydrogen (secondary N) is 1. The van der Waals surface area contributed by atoms with Gasteiger partial charge in [-0.1, -0.05) is 5.10 Å². The summed E-state index contributed by atoms with van der Waals surface area (Å²) in [5.74, 6) is -0.425. The maximum Gasteiger partial charge on any atom is 0.338 e. The van der Waals surface area contributed by atoms with Gasteiger partial charge in [0.15, 0.2) is 0 Å². The molecule has 0 fully saturated rings. The zero-order chi connectivity index (χ0) is 14.5. The molecule has 0 aliphatic rings. The molecular weight excluding hydrogens is 262 g/mol. The van der Waals surface area contributed by atoms with Gasteiger partial charge in [-0.2, -0.15) is 0 Å². The van der Waals surface area contributed by atoms with Crippen LogP contribution < -0.4 is 5.32 Å². The van der Waals surface area contributed by atoms with Crippen molar-refractivity contribution in [3.63, 3.8) is 0 Å². The largest absolute Gasteiger partial charge is 0.462 e. The molecule has 0 saturated carbocycles. The number of ether oxygens (including phenoxy) is 1. The van der Waals surface area contributed by atoms with E-state index in [1.165, 1.54) is 6.92 Å². The second-order valence-electron chi connectivity index (χ2n) is 3.89. The molecule has 1 heterocycles. The molecule has 0 spiro atoms. The highest BCUT2D eigenvalue weighted by Crippen LogP contribution is 2.20. The van der Waals surface area contributed by atoms with E-state index in [1.807, 2.05) is 0 Å². The fraction of sp³-hybridized carbons (Fsp3) is 0.231. The van der Waals surface area contributed by atoms with Gasteiger partial charge in [-0.25, -0.2) is 4.79 Å². The van der Waals surface area contributed by atoms with Gasteiger partial charge in [-0.05, 0) is 31.2 Å². The average Bonchev–Trinajstić information content (AvgIpc) is 2.87. The van der Waals surface area contributed by atoms with Gasteiger partial charge in [0, 0.05) is 12.5 Å². The predicted octanol–water partition coefficient (Wildman–Crippen LogP) is 1.87. The Morgan fingerprint density at radius 3 is 2.55 bits per heavy atom. The van der Waals surface area contributed by atoms with Crippen LogP contribution in [0.1, 0.15) is 24.2 Å². The highest BCUT2D eigenvalue weighted by Gasteiger charge is 2.11. The van der Waals surface area contributed by atoms with Crippen LogP contribution in [0, 0.1) is 0 Å². The standard InChI is InChI=1S/C13H13N3O4/c1-3-19-12(18)10-6-4-9(5-7-10)11-15-16-13(20-11)14-8(2)17/h4-7H,3H2,1-2H3,(H,14,16,17). The van der Waals surface area contributed by atoms with E-state index in [0.29, 0.717) is 17.7 Å². The molecule has 0 saturated heterocycles. The number of carbonyl (C=O) groups is 2. The minimum Gasteiger partial charge on any atom is -0.462 e. The monoisotopic (exact) mass is 275 g/mol. The van der Waals surface area contributed by atoms with Crippen LogP contribution in [0.25, 0.3) is 11.5 Å². The fourth-order valence-corrected chi connectivity index (χ4v) is 1.50. The Bertz CT molecular complexity index is 619. The molecule has 0 aliphatic carbocycles. The number of hydrogen-bond acceptors (Lipinski definition) is 6. The van der Waals surface area contributed by atoms with Crippen molar-refractivity contribution in [2.45, 2.75) is 13.8 Å². The highest BCUT2D eigenvalue weighted by molar-refractivity contribution is 5.90. The summed E-state index contributed by atoms with van der Waals surface area (Å²) in [6.45, 7) is 3.41. The Labute approximate surface area is 115 Å². The van der Waals surface area contributed by atoms with Gasteiger partial charge in [-0.15, -0.1) is 5.10 Å². The maximum atomic E-state index is 11.5. The Morgan fingerprint density at radius 1 is 1.25 bits per heavy atom. The van der Waals surface area contributed by atoms with E-state index in [-0.39, 0.29) is 23.8 Å². The van der Waals surface area contributed by atoms with Crippen molar-refractivity contribution in [2.75, 3.05) is 11.9 Å². The number of hydrogen-bond donors (Lipinski definition) is 1. The Morgan fingerprint density at radius 2 is 1.95 bits per heavy atom. The van der Waals surface area contributed by atoms with E-state index in [0.717, 1.165) is 0 Å². The molecule has 2 aromatic rings. The summed E-state index contributed by atoms with van der Waals surface area (Å²) in [5, 5.41) is 9.87. The summed E-state index contributed by atoms with van der Waals surface area (Å²) in [6.07, 6.45) is 0. The van der Waals surface area contributed by atoms with Crippen molar-refractivity contribution in [1.29, 1.82) is 0 Å². The molecule has 1 aromatic heterocycles. The second kappa shape index (κ2) is 5.96. The minimum absolute atomic E-state index is 0.0296. The molecule has 0 unspecified atom stereocenters. The number of benzene rings is 1. The quantitative estimate of drug-likeness (QED) is 0.856. The fourth-order valence-electron chi connectivity index (χ4n) is 1.50. The first-order valence-electron chi connectivity index (χ1n) is 5.98. The van der Waals surface area contributed by atoms with E-state index < -0.39 is 0 Å². The summed E-state index contributed by atoms with van der Waals surface area (Å²) < 4.78 is 10.1. The summed E-state index contributed by atoms with van der Waals surface area (Å²) >= 11 is 0. The van der Waals surface area contributed by atoms with Gasteiger partial charge in [0.05, 0.1) is 12.2 Å². The smallest absolute Gasteiger partial charge is 0.338 e. The molecule has 0 bridgehead atoms. The van der Waals surface area contributed by atoms with Gasteiger partial charge >= 0.3 is 12.0 Å². The molecule has 2 rings (SSSR count). The molecule has 20 heavy (non-hydrogen) atoms. The number of esters is 1. The van der Waals surface area contributed by atoms with Gasteiger partial charge in [0.1, 0.15) is 0 Å². The molecule has 0 radical (unpaired) electrons. The topological polar surface area (TPSA) is 94.3 Å². The SMILES string of the molecule is CCOC(=O)c1ccc(-c2nnc(NC(C)=O)o2)cc1. The molecule has 7 nitrogen and oxygen atoms in total. The molecule has 1 aromatic carbocycles. The Balaban J connectivity index is 2.15. The lowest BCUT2D eigenvalue weighted by atomic mass is 10.1. The highest BCUT2D eigenvalue weighted by atomic mass is 16.5. The lowest BCUT2D eigenvalue weighted by molar-refractivity contribution is -0.114. The van der Waals surface area contributed by atoms with Crippen LogP contribution in [0.15, 0.2) is 28.7 Å². The van der Waals surface area contributed by atoms with E-state index in [2.05, 4.69) is 15.5 Å². The van der Waals surface area contributed by atoms with E-state index in [1.54, 1.807) is 31.2 Å². The van der Waals surface area contributed by atoms with Crippen LogP contribution in [-0.4, -0.2) is 28.7 Å². The van der Waals surface area contributed by atoms with Crippen LogP contribution in [0.3, 0.4) is 0 Å². The van der Waals surface area contributed by atoms with Crippen molar-refractivity contribution in [2.24, 2.45) is 0 Å². The first-order chi connectivity index (χ1) is 9.60. The molecule has 104 valence electrons. The number of anilines is 1. The van der Waals surface area contributed by atoms with E-state index in [4.69, 9.17) is 9.15 Å². The van der Waals surface area contributed by atoms with E-state index >= 15 is 0 Å². The summed E-state index contributed by atoms with van der Waals surface area (Å²) in [6, 6.07) is 6.57. The second-order valence-corrected chi connectivity index (χ2v) is 3.89. The Hall–Kier alpha value is -2.70. The van der Waals surface area contributed by atoms with Crippen molar-refractivity contribution in [3.8, 4) is 11.5 Å². The molecular formula is C13H13N3O4. The van der Waals surface area contributed by atoms with Crippen molar-refractivity contribution >= 4 is 17.9 Å². The normalized spacial score (nSPS) is 10.1. The van der Waals surface area contributed by atoms with Crippen molar-refractivity contribution < 1.29 is 18.7 Å². The third kappa shape index (κ3) is 3.19. The zero-order valence-corrected chi connectivity index (χ0v) is 11.0. The average molecular weight is 275 g/mol. The number of rotatable bonds is 4. The summed E-state index contributed by atoms with van der Waals surface area (Å²) in [7, 11) is 0. The molecule has 1 amide bonds. The predicted molar refractivity (Wildman–Crippen MR) is 70.0 cm³/mol. The number of amides is 1. The first kappa shape index (κ1) is 13.7. The van der Waals surface area contributed by atoms with Gasteiger partial charge in [-0.3, -0.25) is 10.1 Å². The first-order valence-corrected chi connectivity index (χ1v) is 5.98. The van der Waals surface area contributed by atoms with Crippen LogP contribution in [0.5, 0.6) is 0 Å².